The van der Waals surface area contributed by atoms with Gasteiger partial charge in [0.2, 0.25) is 0 Å². The Labute approximate surface area is 155 Å². The molecule has 0 saturated carbocycles. The summed E-state index contributed by atoms with van der Waals surface area (Å²) in [5.74, 6) is 0. The van der Waals surface area contributed by atoms with Crippen molar-refractivity contribution in [3.8, 4) is 0 Å². The summed E-state index contributed by atoms with van der Waals surface area (Å²) in [6.07, 6.45) is 1.15. The molecule has 0 atom stereocenters. The van der Waals surface area contributed by atoms with Crippen LogP contribution >= 0.6 is 0 Å². The maximum absolute atomic E-state index is 11.1. The molecule has 0 aliphatic heterocycles. The van der Waals surface area contributed by atoms with Gasteiger partial charge in [-0.15, -0.1) is 0 Å². The fourth-order valence-electron chi connectivity index (χ4n) is 1.57. The summed E-state index contributed by atoms with van der Waals surface area (Å²) in [4.78, 5) is 11.1. The maximum atomic E-state index is 11.1. The highest BCUT2D eigenvalue weighted by Crippen LogP contribution is 1.91. The number of aliphatic hydroxyl groups excluding tert-OH is 1. The summed E-state index contributed by atoms with van der Waals surface area (Å²) >= 11 is 0. The van der Waals surface area contributed by atoms with Crippen LogP contribution in [0.2, 0.25) is 0 Å². The SMILES string of the molecule is CCCCOC(=O)OCCOCCOCCOCCOCCOCCO. The summed E-state index contributed by atoms with van der Waals surface area (Å²) < 4.78 is 35.9. The second kappa shape index (κ2) is 22.1. The third kappa shape index (κ3) is 21.1. The van der Waals surface area contributed by atoms with Crippen LogP contribution in [0, 0.1) is 0 Å². The molecule has 0 heterocycles. The van der Waals surface area contributed by atoms with E-state index in [0.717, 1.165) is 12.8 Å². The van der Waals surface area contributed by atoms with Gasteiger partial charge in [-0.1, -0.05) is 13.3 Å². The Morgan fingerprint density at radius 1 is 0.615 bits per heavy atom. The molecule has 0 fully saturated rings. The van der Waals surface area contributed by atoms with Crippen molar-refractivity contribution in [1.29, 1.82) is 0 Å². The first-order valence-electron chi connectivity index (χ1n) is 9.10. The van der Waals surface area contributed by atoms with Crippen LogP contribution in [0.15, 0.2) is 0 Å². The Kier molecular flexibility index (Phi) is 21.2. The molecule has 0 aromatic rings. The lowest BCUT2D eigenvalue weighted by molar-refractivity contribution is -0.0181. The van der Waals surface area contributed by atoms with E-state index in [2.05, 4.69) is 0 Å². The van der Waals surface area contributed by atoms with Crippen LogP contribution in [-0.4, -0.2) is 97.2 Å². The zero-order valence-corrected chi connectivity index (χ0v) is 15.8. The average molecular weight is 382 g/mol. The van der Waals surface area contributed by atoms with Gasteiger partial charge in [-0.05, 0) is 6.42 Å². The van der Waals surface area contributed by atoms with Crippen LogP contribution in [0.4, 0.5) is 4.79 Å². The van der Waals surface area contributed by atoms with Gasteiger partial charge >= 0.3 is 6.16 Å². The molecule has 0 radical (unpaired) electrons. The van der Waals surface area contributed by atoms with Gasteiger partial charge in [-0.3, -0.25) is 0 Å². The van der Waals surface area contributed by atoms with E-state index >= 15 is 0 Å². The second-order valence-electron chi connectivity index (χ2n) is 5.09. The fraction of sp³-hybridized carbons (Fsp3) is 0.941. The van der Waals surface area contributed by atoms with Crippen molar-refractivity contribution < 1.29 is 43.1 Å². The molecule has 0 bridgehead atoms. The quantitative estimate of drug-likeness (QED) is 0.244. The molecule has 0 rings (SSSR count). The minimum Gasteiger partial charge on any atom is -0.434 e. The molecule has 0 saturated heterocycles. The number of ether oxygens (including phenoxy) is 7. The summed E-state index contributed by atoms with van der Waals surface area (Å²) in [6, 6.07) is 0. The topological polar surface area (TPSA) is 102 Å². The molecular weight excluding hydrogens is 348 g/mol. The number of unbranched alkanes of at least 4 members (excludes halogenated alkanes) is 1. The third-order valence-electron chi connectivity index (χ3n) is 2.89. The van der Waals surface area contributed by atoms with Gasteiger partial charge in [0.25, 0.3) is 0 Å². The molecule has 26 heavy (non-hydrogen) atoms. The summed E-state index contributed by atoms with van der Waals surface area (Å²) in [7, 11) is 0. The minimum atomic E-state index is -0.655. The van der Waals surface area contributed by atoms with Crippen molar-refractivity contribution in [2.45, 2.75) is 19.8 Å². The van der Waals surface area contributed by atoms with Crippen molar-refractivity contribution >= 4 is 6.16 Å². The predicted molar refractivity (Wildman–Crippen MR) is 93.4 cm³/mol. The minimum absolute atomic E-state index is 0.0235. The molecule has 0 aromatic carbocycles. The van der Waals surface area contributed by atoms with Crippen LogP contribution in [-0.2, 0) is 33.2 Å². The van der Waals surface area contributed by atoms with E-state index in [1.165, 1.54) is 0 Å². The Morgan fingerprint density at radius 3 is 1.42 bits per heavy atom. The average Bonchev–Trinajstić information content (AvgIpc) is 2.64. The standard InChI is InChI=1S/C17H34O9/c1-2-3-5-25-17(19)26-16-15-24-14-13-23-12-11-22-10-9-21-8-7-20-6-4-18/h18H,2-16H2,1H3. The highest BCUT2D eigenvalue weighted by molar-refractivity contribution is 5.59. The molecule has 1 N–H and O–H groups in total. The molecule has 0 aromatic heterocycles. The van der Waals surface area contributed by atoms with E-state index in [1.54, 1.807) is 0 Å². The Morgan fingerprint density at radius 2 is 1.00 bits per heavy atom. The van der Waals surface area contributed by atoms with Crippen LogP contribution in [0.1, 0.15) is 19.8 Å². The lowest BCUT2D eigenvalue weighted by Gasteiger charge is -2.08. The number of carbonyl (C=O) groups is 1. The van der Waals surface area contributed by atoms with Gasteiger partial charge in [-0.25, -0.2) is 4.79 Å². The monoisotopic (exact) mass is 382 g/mol. The first-order chi connectivity index (χ1) is 12.8. The van der Waals surface area contributed by atoms with E-state index in [9.17, 15) is 4.79 Å². The maximum Gasteiger partial charge on any atom is 0.508 e. The highest BCUT2D eigenvalue weighted by atomic mass is 16.7. The van der Waals surface area contributed by atoms with E-state index < -0.39 is 6.16 Å². The van der Waals surface area contributed by atoms with Crippen LogP contribution in [0.5, 0.6) is 0 Å². The number of carbonyl (C=O) groups excluding carboxylic acids is 1. The van der Waals surface area contributed by atoms with Crippen LogP contribution < -0.4 is 0 Å². The number of rotatable bonds is 20. The summed E-state index contributed by atoms with van der Waals surface area (Å²) in [5, 5.41) is 8.51. The van der Waals surface area contributed by atoms with Crippen molar-refractivity contribution in [3.05, 3.63) is 0 Å². The van der Waals surface area contributed by atoms with Crippen LogP contribution in [0.25, 0.3) is 0 Å². The first-order valence-corrected chi connectivity index (χ1v) is 9.10. The number of hydrogen-bond acceptors (Lipinski definition) is 9. The Bertz CT molecular complexity index is 289. The number of aliphatic hydroxyl groups is 1. The van der Waals surface area contributed by atoms with Gasteiger partial charge < -0.3 is 38.3 Å². The van der Waals surface area contributed by atoms with Crippen molar-refractivity contribution in [3.63, 3.8) is 0 Å². The molecule has 9 nitrogen and oxygen atoms in total. The van der Waals surface area contributed by atoms with Gasteiger partial charge in [0.1, 0.15) is 6.61 Å². The molecule has 156 valence electrons. The van der Waals surface area contributed by atoms with E-state index in [4.69, 9.17) is 38.3 Å². The van der Waals surface area contributed by atoms with Gasteiger partial charge in [-0.2, -0.15) is 0 Å². The van der Waals surface area contributed by atoms with Gasteiger partial charge in [0, 0.05) is 0 Å². The molecule has 0 unspecified atom stereocenters. The lowest BCUT2D eigenvalue weighted by atomic mass is 10.4. The molecule has 0 aliphatic rings. The van der Waals surface area contributed by atoms with E-state index in [1.807, 2.05) is 6.92 Å². The zero-order valence-electron chi connectivity index (χ0n) is 15.8. The predicted octanol–water partition coefficient (Wildman–Crippen LogP) is 1.02. The number of hydrogen-bond donors (Lipinski definition) is 1. The summed E-state index contributed by atoms with van der Waals surface area (Å²) in [5.41, 5.74) is 0. The van der Waals surface area contributed by atoms with Crippen LogP contribution in [0.3, 0.4) is 0 Å². The summed E-state index contributed by atoms with van der Waals surface area (Å²) in [6.45, 7) is 7.00. The molecular formula is C17H34O9. The van der Waals surface area contributed by atoms with E-state index in [-0.39, 0.29) is 13.2 Å². The second-order valence-corrected chi connectivity index (χ2v) is 5.09. The molecule has 0 amide bonds. The van der Waals surface area contributed by atoms with Gasteiger partial charge in [0.05, 0.1) is 79.3 Å². The Hall–Kier alpha value is -0.970. The van der Waals surface area contributed by atoms with Gasteiger partial charge in [0.15, 0.2) is 0 Å². The smallest absolute Gasteiger partial charge is 0.434 e. The fourth-order valence-corrected chi connectivity index (χ4v) is 1.57. The van der Waals surface area contributed by atoms with Crippen molar-refractivity contribution in [2.24, 2.45) is 0 Å². The highest BCUT2D eigenvalue weighted by Gasteiger charge is 2.02. The van der Waals surface area contributed by atoms with Crippen molar-refractivity contribution in [2.75, 3.05) is 85.9 Å². The Balaban J connectivity index is 3.06. The van der Waals surface area contributed by atoms with E-state index in [0.29, 0.717) is 72.7 Å². The molecule has 0 aliphatic carbocycles. The third-order valence-corrected chi connectivity index (χ3v) is 2.89. The molecule has 0 spiro atoms. The lowest BCUT2D eigenvalue weighted by Crippen LogP contribution is -2.15. The zero-order chi connectivity index (χ0) is 19.1. The molecule has 9 heteroatoms. The normalized spacial score (nSPS) is 10.8. The largest absolute Gasteiger partial charge is 0.508 e. The first kappa shape index (κ1) is 25.0. The van der Waals surface area contributed by atoms with Crippen molar-refractivity contribution in [1.82, 2.24) is 0 Å².